The molecule has 2 aromatic rings. The molecule has 1 saturated heterocycles. The van der Waals surface area contributed by atoms with E-state index in [1.807, 2.05) is 31.2 Å². The molecule has 4 rings (SSSR count). The van der Waals surface area contributed by atoms with E-state index in [1.54, 1.807) is 23.1 Å². The average molecular weight is 396 g/mol. The Labute approximate surface area is 169 Å². The van der Waals surface area contributed by atoms with Crippen molar-refractivity contribution >= 4 is 23.2 Å². The summed E-state index contributed by atoms with van der Waals surface area (Å²) in [5.74, 6) is 1.33. The molecule has 0 aromatic heterocycles. The minimum Gasteiger partial charge on any atom is -0.494 e. The number of fused-ring (bicyclic) bond motifs is 1. The molecule has 0 radical (unpaired) electrons. The van der Waals surface area contributed by atoms with E-state index in [-0.39, 0.29) is 18.2 Å². The van der Waals surface area contributed by atoms with Crippen LogP contribution >= 0.6 is 0 Å². The second kappa shape index (κ2) is 8.43. The van der Waals surface area contributed by atoms with E-state index in [0.717, 1.165) is 6.42 Å². The Morgan fingerprint density at radius 1 is 1.17 bits per heavy atom. The van der Waals surface area contributed by atoms with E-state index in [0.29, 0.717) is 55.0 Å². The Morgan fingerprint density at radius 2 is 2.00 bits per heavy atom. The van der Waals surface area contributed by atoms with Crippen molar-refractivity contribution < 1.29 is 23.8 Å². The van der Waals surface area contributed by atoms with E-state index >= 15 is 0 Å². The van der Waals surface area contributed by atoms with Crippen molar-refractivity contribution in [3.8, 4) is 17.2 Å². The predicted octanol–water partition coefficient (Wildman–Crippen LogP) is 3.24. The quantitative estimate of drug-likeness (QED) is 0.811. The maximum absolute atomic E-state index is 12.7. The molecular formula is C22H24N2O5. The normalized spacial score (nSPS) is 17.9. The van der Waals surface area contributed by atoms with Gasteiger partial charge in [-0.1, -0.05) is 13.0 Å². The zero-order valence-corrected chi connectivity index (χ0v) is 16.3. The molecule has 0 saturated carbocycles. The van der Waals surface area contributed by atoms with Gasteiger partial charge < -0.3 is 24.4 Å². The maximum atomic E-state index is 12.7. The predicted molar refractivity (Wildman–Crippen MR) is 109 cm³/mol. The SMILES string of the molecule is CCCOc1cccc(NC(=O)C2CC(=O)N(c3ccc4c(c3)OCCO4)C2)c1. The van der Waals surface area contributed by atoms with Gasteiger partial charge in [-0.15, -0.1) is 0 Å². The maximum Gasteiger partial charge on any atom is 0.229 e. The largest absolute Gasteiger partial charge is 0.494 e. The first-order valence-electron chi connectivity index (χ1n) is 9.88. The van der Waals surface area contributed by atoms with Crippen molar-refractivity contribution in [2.24, 2.45) is 5.92 Å². The third-order valence-electron chi connectivity index (χ3n) is 4.91. The van der Waals surface area contributed by atoms with Crippen molar-refractivity contribution in [1.29, 1.82) is 0 Å². The highest BCUT2D eigenvalue weighted by atomic mass is 16.6. The summed E-state index contributed by atoms with van der Waals surface area (Å²) in [6, 6.07) is 12.7. The van der Waals surface area contributed by atoms with Crippen LogP contribution in [0.15, 0.2) is 42.5 Å². The zero-order valence-electron chi connectivity index (χ0n) is 16.3. The van der Waals surface area contributed by atoms with Crippen LogP contribution in [0.25, 0.3) is 0 Å². The summed E-state index contributed by atoms with van der Waals surface area (Å²) in [4.78, 5) is 26.9. The summed E-state index contributed by atoms with van der Waals surface area (Å²) < 4.78 is 16.7. The van der Waals surface area contributed by atoms with Gasteiger partial charge in [0.2, 0.25) is 11.8 Å². The molecule has 29 heavy (non-hydrogen) atoms. The molecule has 0 aliphatic carbocycles. The van der Waals surface area contributed by atoms with Gasteiger partial charge in [-0.2, -0.15) is 0 Å². The monoisotopic (exact) mass is 396 g/mol. The molecule has 2 aliphatic rings. The van der Waals surface area contributed by atoms with E-state index < -0.39 is 5.92 Å². The lowest BCUT2D eigenvalue weighted by Crippen LogP contribution is -2.28. The summed E-state index contributed by atoms with van der Waals surface area (Å²) in [5.41, 5.74) is 1.37. The Kier molecular flexibility index (Phi) is 5.55. The van der Waals surface area contributed by atoms with E-state index in [1.165, 1.54) is 0 Å². The number of nitrogens with zero attached hydrogens (tertiary/aromatic N) is 1. The van der Waals surface area contributed by atoms with Crippen LogP contribution in [0.4, 0.5) is 11.4 Å². The van der Waals surface area contributed by atoms with E-state index in [9.17, 15) is 9.59 Å². The second-order valence-electron chi connectivity index (χ2n) is 7.10. The molecular weight excluding hydrogens is 372 g/mol. The molecule has 7 heteroatoms. The fourth-order valence-corrected chi connectivity index (χ4v) is 3.46. The first-order chi connectivity index (χ1) is 14.1. The number of hydrogen-bond donors (Lipinski definition) is 1. The smallest absolute Gasteiger partial charge is 0.229 e. The Balaban J connectivity index is 1.42. The third-order valence-corrected chi connectivity index (χ3v) is 4.91. The topological polar surface area (TPSA) is 77.1 Å². The minimum absolute atomic E-state index is 0.0816. The second-order valence-corrected chi connectivity index (χ2v) is 7.10. The lowest BCUT2D eigenvalue weighted by atomic mass is 10.1. The van der Waals surface area contributed by atoms with E-state index in [4.69, 9.17) is 14.2 Å². The summed E-state index contributed by atoms with van der Waals surface area (Å²) >= 11 is 0. The van der Waals surface area contributed by atoms with Crippen LogP contribution in [0.1, 0.15) is 19.8 Å². The number of carbonyl (C=O) groups is 2. The van der Waals surface area contributed by atoms with Crippen molar-refractivity contribution in [3.05, 3.63) is 42.5 Å². The highest BCUT2D eigenvalue weighted by molar-refractivity contribution is 6.03. The van der Waals surface area contributed by atoms with Crippen molar-refractivity contribution in [2.45, 2.75) is 19.8 Å². The summed E-state index contributed by atoms with van der Waals surface area (Å²) in [6.45, 7) is 3.99. The fourth-order valence-electron chi connectivity index (χ4n) is 3.46. The van der Waals surface area contributed by atoms with Gasteiger partial charge in [0.25, 0.3) is 0 Å². The number of carbonyl (C=O) groups excluding carboxylic acids is 2. The van der Waals surface area contributed by atoms with Crippen LogP contribution < -0.4 is 24.4 Å². The molecule has 2 heterocycles. The van der Waals surface area contributed by atoms with Gasteiger partial charge >= 0.3 is 0 Å². The lowest BCUT2D eigenvalue weighted by Gasteiger charge is -2.22. The first kappa shape index (κ1) is 19.1. The zero-order chi connectivity index (χ0) is 20.2. The van der Waals surface area contributed by atoms with Crippen molar-refractivity contribution in [2.75, 3.05) is 36.6 Å². The Hall–Kier alpha value is -3.22. The Bertz CT molecular complexity index is 914. The number of nitrogens with one attached hydrogen (secondary N) is 1. The minimum atomic E-state index is -0.420. The molecule has 0 spiro atoms. The standard InChI is InChI=1S/C22H24N2O5/c1-2-8-27-18-5-3-4-16(12-18)23-22(26)15-11-21(25)24(14-15)17-6-7-19-20(13-17)29-10-9-28-19/h3-7,12-13,15H,2,8-11,14H2,1H3,(H,23,26). The summed E-state index contributed by atoms with van der Waals surface area (Å²) in [5, 5.41) is 2.90. The van der Waals surface area contributed by atoms with Crippen molar-refractivity contribution in [1.82, 2.24) is 0 Å². The number of anilines is 2. The molecule has 2 aromatic carbocycles. The van der Waals surface area contributed by atoms with Crippen LogP contribution in [0.5, 0.6) is 17.2 Å². The summed E-state index contributed by atoms with van der Waals surface area (Å²) in [7, 11) is 0. The van der Waals surface area contributed by atoms with Gasteiger partial charge in [-0.25, -0.2) is 0 Å². The lowest BCUT2D eigenvalue weighted by molar-refractivity contribution is -0.122. The van der Waals surface area contributed by atoms with Gasteiger partial charge in [0.1, 0.15) is 19.0 Å². The number of rotatable bonds is 6. The highest BCUT2D eigenvalue weighted by Gasteiger charge is 2.35. The van der Waals surface area contributed by atoms with Gasteiger partial charge in [0.05, 0.1) is 12.5 Å². The van der Waals surface area contributed by atoms with Gasteiger partial charge in [0, 0.05) is 36.5 Å². The van der Waals surface area contributed by atoms with Gasteiger partial charge in [-0.05, 0) is 30.7 Å². The molecule has 1 unspecified atom stereocenters. The van der Waals surface area contributed by atoms with Gasteiger partial charge in [0.15, 0.2) is 11.5 Å². The number of hydrogen-bond acceptors (Lipinski definition) is 5. The molecule has 7 nitrogen and oxygen atoms in total. The van der Waals surface area contributed by atoms with Crippen LogP contribution in [0.3, 0.4) is 0 Å². The fraction of sp³-hybridized carbons (Fsp3) is 0.364. The molecule has 1 N–H and O–H groups in total. The Morgan fingerprint density at radius 3 is 2.83 bits per heavy atom. The molecule has 152 valence electrons. The third kappa shape index (κ3) is 4.29. The average Bonchev–Trinajstić information content (AvgIpc) is 3.14. The molecule has 1 atom stereocenters. The molecule has 2 amide bonds. The van der Waals surface area contributed by atoms with Gasteiger partial charge in [-0.3, -0.25) is 9.59 Å². The highest BCUT2D eigenvalue weighted by Crippen LogP contribution is 2.36. The molecule has 2 aliphatic heterocycles. The number of amides is 2. The number of ether oxygens (including phenoxy) is 3. The van der Waals surface area contributed by atoms with E-state index in [2.05, 4.69) is 5.32 Å². The van der Waals surface area contributed by atoms with Crippen LogP contribution in [0, 0.1) is 5.92 Å². The van der Waals surface area contributed by atoms with Crippen LogP contribution in [-0.4, -0.2) is 38.2 Å². The number of benzene rings is 2. The molecule has 0 bridgehead atoms. The van der Waals surface area contributed by atoms with Crippen LogP contribution in [0.2, 0.25) is 0 Å². The van der Waals surface area contributed by atoms with Crippen molar-refractivity contribution in [3.63, 3.8) is 0 Å². The summed E-state index contributed by atoms with van der Waals surface area (Å²) in [6.07, 6.45) is 1.09. The first-order valence-corrected chi connectivity index (χ1v) is 9.88. The molecule has 1 fully saturated rings. The van der Waals surface area contributed by atoms with Crippen LogP contribution in [-0.2, 0) is 9.59 Å².